The summed E-state index contributed by atoms with van der Waals surface area (Å²) in [5, 5.41) is 10.5. The second-order valence-electron chi connectivity index (χ2n) is 3.64. The van der Waals surface area contributed by atoms with Crippen molar-refractivity contribution in [1.82, 2.24) is 0 Å². The van der Waals surface area contributed by atoms with Crippen molar-refractivity contribution in [2.75, 3.05) is 0 Å². The highest BCUT2D eigenvalue weighted by molar-refractivity contribution is 6.09. The van der Waals surface area contributed by atoms with Gasteiger partial charge in [0.1, 0.15) is 5.82 Å². The maximum Gasteiger partial charge on any atom is 0.269 e. The first-order valence-electron chi connectivity index (χ1n) is 5.12. The standard InChI is InChI=1S/C13H8FNO3/c14-11-3-1-2-10(8-11)13(16)9-4-6-12(7-5-9)15(17)18/h1-8H. The quantitative estimate of drug-likeness (QED) is 0.474. The summed E-state index contributed by atoms with van der Waals surface area (Å²) in [4.78, 5) is 21.9. The molecule has 0 aliphatic carbocycles. The zero-order valence-electron chi connectivity index (χ0n) is 9.17. The van der Waals surface area contributed by atoms with Crippen molar-refractivity contribution >= 4 is 11.5 Å². The molecule has 0 unspecified atom stereocenters. The minimum Gasteiger partial charge on any atom is -0.289 e. The maximum atomic E-state index is 13.0. The second-order valence-corrected chi connectivity index (χ2v) is 3.64. The Morgan fingerprint density at radius 2 is 1.72 bits per heavy atom. The van der Waals surface area contributed by atoms with Crippen molar-refractivity contribution in [3.8, 4) is 0 Å². The van der Waals surface area contributed by atoms with Gasteiger partial charge in [0.25, 0.3) is 5.69 Å². The lowest BCUT2D eigenvalue weighted by Gasteiger charge is -2.01. The number of non-ortho nitro benzene ring substituents is 1. The van der Waals surface area contributed by atoms with Gasteiger partial charge in [-0.2, -0.15) is 0 Å². The molecule has 0 bridgehead atoms. The monoisotopic (exact) mass is 245 g/mol. The molecule has 0 aliphatic rings. The van der Waals surface area contributed by atoms with Crippen LogP contribution in [0.2, 0.25) is 0 Å². The molecule has 0 fully saturated rings. The lowest BCUT2D eigenvalue weighted by atomic mass is 10.0. The number of nitrogens with zero attached hydrogens (tertiary/aromatic N) is 1. The molecular weight excluding hydrogens is 237 g/mol. The molecular formula is C13H8FNO3. The van der Waals surface area contributed by atoms with Crippen LogP contribution < -0.4 is 0 Å². The number of hydrogen-bond donors (Lipinski definition) is 0. The Morgan fingerprint density at radius 3 is 2.28 bits per heavy atom. The number of halogens is 1. The lowest BCUT2D eigenvalue weighted by Crippen LogP contribution is -2.01. The first kappa shape index (κ1) is 11.9. The third kappa shape index (κ3) is 2.40. The van der Waals surface area contributed by atoms with Crippen molar-refractivity contribution in [1.29, 1.82) is 0 Å². The molecule has 0 radical (unpaired) electrons. The summed E-state index contributed by atoms with van der Waals surface area (Å²) in [5.74, 6) is -0.868. The number of carbonyl (C=O) groups is 1. The highest BCUT2D eigenvalue weighted by Crippen LogP contribution is 2.15. The lowest BCUT2D eigenvalue weighted by molar-refractivity contribution is -0.384. The Labute approximate surface area is 102 Å². The van der Waals surface area contributed by atoms with Crippen LogP contribution in [0.5, 0.6) is 0 Å². The molecule has 0 spiro atoms. The van der Waals surface area contributed by atoms with E-state index in [9.17, 15) is 19.3 Å². The Balaban J connectivity index is 2.32. The zero-order valence-corrected chi connectivity index (χ0v) is 9.17. The summed E-state index contributed by atoms with van der Waals surface area (Å²) in [6.45, 7) is 0. The average molecular weight is 245 g/mol. The largest absolute Gasteiger partial charge is 0.289 e. The van der Waals surface area contributed by atoms with E-state index in [1.807, 2.05) is 0 Å². The van der Waals surface area contributed by atoms with Gasteiger partial charge in [0.05, 0.1) is 4.92 Å². The molecule has 0 aromatic heterocycles. The van der Waals surface area contributed by atoms with E-state index in [-0.39, 0.29) is 22.6 Å². The zero-order chi connectivity index (χ0) is 13.1. The Kier molecular flexibility index (Phi) is 3.14. The van der Waals surface area contributed by atoms with E-state index in [4.69, 9.17) is 0 Å². The molecule has 18 heavy (non-hydrogen) atoms. The Morgan fingerprint density at radius 1 is 1.06 bits per heavy atom. The summed E-state index contributed by atoms with van der Waals surface area (Å²) in [7, 11) is 0. The molecule has 2 aromatic rings. The molecule has 2 rings (SSSR count). The Hall–Kier alpha value is -2.56. The van der Waals surface area contributed by atoms with Gasteiger partial charge in [-0.1, -0.05) is 12.1 Å². The van der Waals surface area contributed by atoms with Crippen molar-refractivity contribution in [2.45, 2.75) is 0 Å². The minimum absolute atomic E-state index is 0.0919. The fraction of sp³-hybridized carbons (Fsp3) is 0. The fourth-order valence-electron chi connectivity index (χ4n) is 1.53. The van der Waals surface area contributed by atoms with Gasteiger partial charge >= 0.3 is 0 Å². The van der Waals surface area contributed by atoms with E-state index in [1.165, 1.54) is 42.5 Å². The van der Waals surface area contributed by atoms with Gasteiger partial charge < -0.3 is 0 Å². The highest BCUT2D eigenvalue weighted by Gasteiger charge is 2.11. The normalized spacial score (nSPS) is 10.1. The summed E-state index contributed by atoms with van der Waals surface area (Å²) in [5.41, 5.74) is 0.404. The summed E-state index contributed by atoms with van der Waals surface area (Å²) < 4.78 is 13.0. The second kappa shape index (κ2) is 4.75. The van der Waals surface area contributed by atoms with Crippen molar-refractivity contribution in [2.24, 2.45) is 0 Å². The van der Waals surface area contributed by atoms with E-state index in [0.29, 0.717) is 0 Å². The molecule has 5 heteroatoms. The number of rotatable bonds is 3. The molecule has 0 heterocycles. The van der Waals surface area contributed by atoms with Gasteiger partial charge in [0.15, 0.2) is 5.78 Å². The molecule has 0 aliphatic heterocycles. The third-order valence-electron chi connectivity index (χ3n) is 2.43. The molecule has 0 amide bonds. The number of benzene rings is 2. The van der Waals surface area contributed by atoms with Crippen molar-refractivity contribution in [3.05, 3.63) is 75.6 Å². The van der Waals surface area contributed by atoms with E-state index < -0.39 is 10.7 Å². The first-order valence-corrected chi connectivity index (χ1v) is 5.12. The topological polar surface area (TPSA) is 60.2 Å². The molecule has 2 aromatic carbocycles. The van der Waals surface area contributed by atoms with Crippen LogP contribution in [0.1, 0.15) is 15.9 Å². The smallest absolute Gasteiger partial charge is 0.269 e. The number of nitro groups is 1. The predicted molar refractivity (Wildman–Crippen MR) is 62.9 cm³/mol. The SMILES string of the molecule is O=C(c1ccc([N+](=O)[O-])cc1)c1cccc(F)c1. The van der Waals surface area contributed by atoms with Crippen LogP contribution >= 0.6 is 0 Å². The molecule has 0 N–H and O–H groups in total. The van der Waals surface area contributed by atoms with Gasteiger partial charge in [-0.25, -0.2) is 4.39 Å². The Bertz CT molecular complexity index is 608. The first-order chi connectivity index (χ1) is 8.58. The van der Waals surface area contributed by atoms with Crippen molar-refractivity contribution < 1.29 is 14.1 Å². The maximum absolute atomic E-state index is 13.0. The molecule has 4 nitrogen and oxygen atoms in total. The molecule has 0 saturated heterocycles. The molecule has 0 atom stereocenters. The van der Waals surface area contributed by atoms with Crippen LogP contribution in [0, 0.1) is 15.9 Å². The van der Waals surface area contributed by atoms with Crippen molar-refractivity contribution in [3.63, 3.8) is 0 Å². The van der Waals surface area contributed by atoms with Gasteiger partial charge in [-0.15, -0.1) is 0 Å². The van der Waals surface area contributed by atoms with Crippen LogP contribution in [-0.2, 0) is 0 Å². The van der Waals surface area contributed by atoms with E-state index in [1.54, 1.807) is 0 Å². The molecule has 90 valence electrons. The van der Waals surface area contributed by atoms with Crippen LogP contribution in [0.3, 0.4) is 0 Å². The minimum atomic E-state index is -0.545. The highest BCUT2D eigenvalue weighted by atomic mass is 19.1. The van der Waals surface area contributed by atoms with E-state index in [0.717, 1.165) is 6.07 Å². The van der Waals surface area contributed by atoms with Gasteiger partial charge in [0.2, 0.25) is 0 Å². The predicted octanol–water partition coefficient (Wildman–Crippen LogP) is 2.96. The number of nitro benzene ring substituents is 1. The van der Waals surface area contributed by atoms with E-state index in [2.05, 4.69) is 0 Å². The van der Waals surface area contributed by atoms with E-state index >= 15 is 0 Å². The van der Waals surface area contributed by atoms with Gasteiger partial charge in [-0.05, 0) is 24.3 Å². The summed E-state index contributed by atoms with van der Waals surface area (Å²) in [6, 6.07) is 10.5. The van der Waals surface area contributed by atoms with Gasteiger partial charge in [-0.3, -0.25) is 14.9 Å². The van der Waals surface area contributed by atoms with Gasteiger partial charge in [0, 0.05) is 23.3 Å². The third-order valence-corrected chi connectivity index (χ3v) is 2.43. The number of ketones is 1. The summed E-state index contributed by atoms with van der Waals surface area (Å²) in [6.07, 6.45) is 0. The fourth-order valence-corrected chi connectivity index (χ4v) is 1.53. The van der Waals surface area contributed by atoms with Crippen LogP contribution in [0.15, 0.2) is 48.5 Å². The van der Waals surface area contributed by atoms with Crippen LogP contribution in [0.25, 0.3) is 0 Å². The van der Waals surface area contributed by atoms with Crippen LogP contribution in [0.4, 0.5) is 10.1 Å². The molecule has 0 saturated carbocycles. The number of carbonyl (C=O) groups excluding carboxylic acids is 1. The number of hydrogen-bond acceptors (Lipinski definition) is 3. The van der Waals surface area contributed by atoms with Crippen LogP contribution in [-0.4, -0.2) is 10.7 Å². The average Bonchev–Trinajstić information content (AvgIpc) is 2.38. The summed E-state index contributed by atoms with van der Waals surface area (Å²) >= 11 is 0.